The number of benzene rings is 2. The number of anilines is 1. The van der Waals surface area contributed by atoms with Crippen molar-refractivity contribution in [3.63, 3.8) is 0 Å². The summed E-state index contributed by atoms with van der Waals surface area (Å²) in [4.78, 5) is 21.8. The van der Waals surface area contributed by atoms with Crippen LogP contribution in [0.2, 0.25) is 5.02 Å². The van der Waals surface area contributed by atoms with Crippen molar-refractivity contribution in [2.24, 2.45) is 0 Å². The Labute approximate surface area is 160 Å². The average Bonchev–Trinajstić information content (AvgIpc) is 3.09. The lowest BCUT2D eigenvalue weighted by Crippen LogP contribution is -2.22. The predicted molar refractivity (Wildman–Crippen MR) is 106 cm³/mol. The minimum absolute atomic E-state index is 0.133. The van der Waals surface area contributed by atoms with E-state index in [1.165, 1.54) is 4.52 Å². The second kappa shape index (κ2) is 7.25. The lowest BCUT2D eigenvalue weighted by Gasteiger charge is -2.05. The van der Waals surface area contributed by atoms with E-state index in [0.29, 0.717) is 40.8 Å². The number of hydrogen-bond acceptors (Lipinski definition) is 4. The Kier molecular flexibility index (Phi) is 4.64. The molecule has 0 bridgehead atoms. The standard InChI is InChI=1S/C20H18ClN5O/c1-13-17(11-14-7-9-15(21)10-8-14)19(27)26-20(23-13)24-18(25-26)12-22-16-5-3-2-4-6-16/h2-10,22H,11-12H2,1H3,(H,23,24,25). The molecule has 0 saturated carbocycles. The molecule has 0 fully saturated rings. The van der Waals surface area contributed by atoms with Crippen molar-refractivity contribution in [1.29, 1.82) is 0 Å². The monoisotopic (exact) mass is 379 g/mol. The third-order valence-electron chi connectivity index (χ3n) is 4.37. The number of hydrogen-bond donors (Lipinski definition) is 2. The number of aromatic amines is 1. The molecule has 0 amide bonds. The average molecular weight is 380 g/mol. The number of para-hydroxylation sites is 1. The molecule has 4 rings (SSSR count). The minimum Gasteiger partial charge on any atom is -0.378 e. The molecule has 136 valence electrons. The Morgan fingerprint density at radius 3 is 2.56 bits per heavy atom. The van der Waals surface area contributed by atoms with Gasteiger partial charge in [0.15, 0.2) is 0 Å². The maximum absolute atomic E-state index is 12.9. The number of halogens is 1. The first-order valence-electron chi connectivity index (χ1n) is 8.60. The maximum atomic E-state index is 12.9. The molecule has 0 saturated heterocycles. The highest BCUT2D eigenvalue weighted by Gasteiger charge is 2.14. The summed E-state index contributed by atoms with van der Waals surface area (Å²) in [5.41, 5.74) is 3.18. The number of nitrogens with one attached hydrogen (secondary N) is 2. The summed E-state index contributed by atoms with van der Waals surface area (Å²) in [5, 5.41) is 6.98. The summed E-state index contributed by atoms with van der Waals surface area (Å²) in [5.74, 6) is 1.02. The summed E-state index contributed by atoms with van der Waals surface area (Å²) in [6.45, 7) is 2.31. The Balaban J connectivity index is 1.62. The molecule has 6 nitrogen and oxygen atoms in total. The molecule has 0 unspecified atom stereocenters. The predicted octanol–water partition coefficient (Wildman–Crippen LogP) is 3.58. The van der Waals surface area contributed by atoms with Crippen LogP contribution in [0.1, 0.15) is 22.6 Å². The number of aryl methyl sites for hydroxylation is 1. The van der Waals surface area contributed by atoms with Crippen LogP contribution in [0.3, 0.4) is 0 Å². The first-order chi connectivity index (χ1) is 13.1. The van der Waals surface area contributed by atoms with Gasteiger partial charge in [0.2, 0.25) is 0 Å². The van der Waals surface area contributed by atoms with Crippen LogP contribution < -0.4 is 10.9 Å². The molecule has 0 aliphatic rings. The van der Waals surface area contributed by atoms with E-state index in [-0.39, 0.29) is 5.56 Å². The molecule has 27 heavy (non-hydrogen) atoms. The summed E-state index contributed by atoms with van der Waals surface area (Å²) in [6, 6.07) is 17.3. The van der Waals surface area contributed by atoms with Crippen LogP contribution in [0, 0.1) is 6.92 Å². The molecule has 4 aromatic rings. The van der Waals surface area contributed by atoms with Crippen LogP contribution >= 0.6 is 11.6 Å². The Bertz CT molecular complexity index is 1130. The van der Waals surface area contributed by atoms with Crippen LogP contribution in [0.25, 0.3) is 5.78 Å². The van der Waals surface area contributed by atoms with E-state index in [2.05, 4.69) is 20.4 Å². The number of aromatic nitrogens is 4. The number of fused-ring (bicyclic) bond motifs is 1. The molecule has 0 aliphatic carbocycles. The van der Waals surface area contributed by atoms with Crippen molar-refractivity contribution < 1.29 is 0 Å². The molecule has 2 aromatic carbocycles. The number of H-pyrrole nitrogens is 1. The highest BCUT2D eigenvalue weighted by molar-refractivity contribution is 6.30. The zero-order valence-corrected chi connectivity index (χ0v) is 15.5. The van der Waals surface area contributed by atoms with Crippen LogP contribution in [0.15, 0.2) is 59.4 Å². The van der Waals surface area contributed by atoms with Gasteiger partial charge in [-0.1, -0.05) is 41.9 Å². The summed E-state index contributed by atoms with van der Waals surface area (Å²) in [7, 11) is 0. The Morgan fingerprint density at radius 1 is 1.07 bits per heavy atom. The molecule has 0 aliphatic heterocycles. The third kappa shape index (κ3) is 3.71. The van der Waals surface area contributed by atoms with Gasteiger partial charge in [-0.05, 0) is 36.8 Å². The summed E-state index contributed by atoms with van der Waals surface area (Å²) < 4.78 is 1.40. The Hall–Kier alpha value is -3.12. The van der Waals surface area contributed by atoms with Gasteiger partial charge >= 0.3 is 0 Å². The van der Waals surface area contributed by atoms with Gasteiger partial charge in [0.1, 0.15) is 5.82 Å². The van der Waals surface area contributed by atoms with Gasteiger partial charge in [0.05, 0.1) is 12.2 Å². The first kappa shape index (κ1) is 17.3. The van der Waals surface area contributed by atoms with E-state index in [0.717, 1.165) is 11.3 Å². The van der Waals surface area contributed by atoms with E-state index >= 15 is 0 Å². The van der Waals surface area contributed by atoms with E-state index in [1.807, 2.05) is 61.5 Å². The highest BCUT2D eigenvalue weighted by atomic mass is 35.5. The fraction of sp³-hybridized carbons (Fsp3) is 0.150. The van der Waals surface area contributed by atoms with Gasteiger partial charge in [-0.15, -0.1) is 0 Å². The van der Waals surface area contributed by atoms with Crippen molar-refractivity contribution in [3.05, 3.63) is 92.6 Å². The van der Waals surface area contributed by atoms with Crippen molar-refractivity contribution in [2.75, 3.05) is 5.32 Å². The summed E-state index contributed by atoms with van der Waals surface area (Å²) in [6.07, 6.45) is 0.494. The first-order valence-corrected chi connectivity index (χ1v) is 8.98. The molecule has 0 atom stereocenters. The van der Waals surface area contributed by atoms with Crippen molar-refractivity contribution in [3.8, 4) is 0 Å². The molecular weight excluding hydrogens is 362 g/mol. The molecule has 0 radical (unpaired) electrons. The second-order valence-corrected chi connectivity index (χ2v) is 6.75. The van der Waals surface area contributed by atoms with E-state index in [9.17, 15) is 4.79 Å². The van der Waals surface area contributed by atoms with Crippen LogP contribution in [-0.4, -0.2) is 19.6 Å². The lowest BCUT2D eigenvalue weighted by atomic mass is 10.1. The van der Waals surface area contributed by atoms with Crippen LogP contribution in [0.4, 0.5) is 5.69 Å². The van der Waals surface area contributed by atoms with Gasteiger partial charge in [0, 0.05) is 22.7 Å². The quantitative estimate of drug-likeness (QED) is 0.555. The molecule has 7 heteroatoms. The lowest BCUT2D eigenvalue weighted by molar-refractivity contribution is 0.832. The molecular formula is C20H18ClN5O. The Morgan fingerprint density at radius 2 is 1.81 bits per heavy atom. The highest BCUT2D eigenvalue weighted by Crippen LogP contribution is 2.14. The molecule has 0 spiro atoms. The molecule has 2 aromatic heterocycles. The fourth-order valence-electron chi connectivity index (χ4n) is 2.93. The normalized spacial score (nSPS) is 11.0. The largest absolute Gasteiger partial charge is 0.378 e. The van der Waals surface area contributed by atoms with Crippen LogP contribution in [-0.2, 0) is 13.0 Å². The summed E-state index contributed by atoms with van der Waals surface area (Å²) >= 11 is 5.93. The van der Waals surface area contributed by atoms with E-state index in [1.54, 1.807) is 0 Å². The minimum atomic E-state index is -0.133. The fourth-order valence-corrected chi connectivity index (χ4v) is 3.06. The molecule has 2 N–H and O–H groups in total. The topological polar surface area (TPSA) is 75.1 Å². The van der Waals surface area contributed by atoms with Gasteiger partial charge in [-0.2, -0.15) is 9.50 Å². The van der Waals surface area contributed by atoms with Crippen molar-refractivity contribution in [1.82, 2.24) is 19.6 Å². The van der Waals surface area contributed by atoms with Gasteiger partial charge in [0.25, 0.3) is 11.3 Å². The maximum Gasteiger partial charge on any atom is 0.277 e. The van der Waals surface area contributed by atoms with E-state index in [4.69, 9.17) is 11.6 Å². The smallest absolute Gasteiger partial charge is 0.277 e. The zero-order chi connectivity index (χ0) is 18.8. The van der Waals surface area contributed by atoms with Gasteiger partial charge in [-0.3, -0.25) is 9.89 Å². The number of rotatable bonds is 5. The zero-order valence-electron chi connectivity index (χ0n) is 14.7. The van der Waals surface area contributed by atoms with Crippen molar-refractivity contribution in [2.45, 2.75) is 19.9 Å². The number of nitrogens with zero attached hydrogens (tertiary/aromatic N) is 3. The van der Waals surface area contributed by atoms with Gasteiger partial charge in [-0.25, -0.2) is 4.98 Å². The van der Waals surface area contributed by atoms with E-state index < -0.39 is 0 Å². The second-order valence-electron chi connectivity index (χ2n) is 6.31. The SMILES string of the molecule is Cc1nc2nc(CNc3ccccc3)[nH]n2c(=O)c1Cc1ccc(Cl)cc1. The molecule has 2 heterocycles. The third-order valence-corrected chi connectivity index (χ3v) is 4.62. The van der Waals surface area contributed by atoms with Crippen LogP contribution in [0.5, 0.6) is 0 Å². The van der Waals surface area contributed by atoms with Gasteiger partial charge < -0.3 is 5.32 Å². The van der Waals surface area contributed by atoms with Crippen molar-refractivity contribution >= 4 is 23.1 Å².